The lowest BCUT2D eigenvalue weighted by Gasteiger charge is -2.20. The van der Waals surface area contributed by atoms with E-state index in [1.54, 1.807) is 20.8 Å². The topological polar surface area (TPSA) is 98.5 Å². The molecule has 96 valence electrons. The molecule has 0 rings (SSSR count). The normalized spacial score (nSPS) is 14.3. The average Bonchev–Trinajstić information content (AvgIpc) is 1.98. The van der Waals surface area contributed by atoms with Gasteiger partial charge in [0, 0.05) is 6.54 Å². The van der Waals surface area contributed by atoms with Crippen LogP contribution in [-0.4, -0.2) is 31.9 Å². The summed E-state index contributed by atoms with van der Waals surface area (Å²) >= 11 is 0. The fourth-order valence-electron chi connectivity index (χ4n) is 0.856. The Bertz CT molecular complexity index is 332. The van der Waals surface area contributed by atoms with Gasteiger partial charge < -0.3 is 10.1 Å². The summed E-state index contributed by atoms with van der Waals surface area (Å²) in [5.74, 6) is 0. The van der Waals surface area contributed by atoms with Crippen molar-refractivity contribution in [1.29, 1.82) is 0 Å². The predicted molar refractivity (Wildman–Crippen MR) is 61.4 cm³/mol. The van der Waals surface area contributed by atoms with Crippen LogP contribution in [0.5, 0.6) is 0 Å². The summed E-state index contributed by atoms with van der Waals surface area (Å²) in [6, 6.07) is 0. The van der Waals surface area contributed by atoms with Gasteiger partial charge >= 0.3 is 6.09 Å². The third-order valence-electron chi connectivity index (χ3n) is 1.78. The Morgan fingerprint density at radius 2 is 1.94 bits per heavy atom. The van der Waals surface area contributed by atoms with Crippen LogP contribution < -0.4 is 10.5 Å². The van der Waals surface area contributed by atoms with Gasteiger partial charge in [-0.1, -0.05) is 0 Å². The number of carbonyl (C=O) groups is 1. The molecule has 1 amide bonds. The number of sulfonamides is 1. The summed E-state index contributed by atoms with van der Waals surface area (Å²) in [6.45, 7) is 6.96. The Balaban J connectivity index is 3.88. The van der Waals surface area contributed by atoms with Crippen molar-refractivity contribution >= 4 is 16.1 Å². The SMILES string of the molecule is CC(CCNC(=O)OC(C)(C)C)S(N)(=O)=O. The largest absolute Gasteiger partial charge is 0.444 e. The quantitative estimate of drug-likeness (QED) is 0.764. The van der Waals surface area contributed by atoms with Gasteiger partial charge in [0.15, 0.2) is 0 Å². The number of carbonyl (C=O) groups excluding carboxylic acids is 1. The minimum atomic E-state index is -3.53. The smallest absolute Gasteiger partial charge is 0.407 e. The molecule has 6 nitrogen and oxygen atoms in total. The molecule has 0 bridgehead atoms. The van der Waals surface area contributed by atoms with Crippen molar-refractivity contribution in [2.24, 2.45) is 5.14 Å². The number of rotatable bonds is 4. The molecule has 0 saturated carbocycles. The van der Waals surface area contributed by atoms with Gasteiger partial charge in [-0.2, -0.15) is 0 Å². The molecule has 1 atom stereocenters. The molecule has 0 aromatic carbocycles. The highest BCUT2D eigenvalue weighted by Crippen LogP contribution is 2.06. The van der Waals surface area contributed by atoms with Crippen LogP contribution in [0.4, 0.5) is 4.79 Å². The van der Waals surface area contributed by atoms with Crippen LogP contribution in [0.25, 0.3) is 0 Å². The second-order valence-electron chi connectivity index (χ2n) is 4.62. The third kappa shape index (κ3) is 7.47. The van der Waals surface area contributed by atoms with Crippen molar-refractivity contribution in [3.63, 3.8) is 0 Å². The van der Waals surface area contributed by atoms with E-state index in [2.05, 4.69) is 5.32 Å². The first-order valence-corrected chi connectivity index (χ1v) is 6.62. The second-order valence-corrected chi connectivity index (χ2v) is 6.60. The number of amides is 1. The van der Waals surface area contributed by atoms with Gasteiger partial charge in [0.2, 0.25) is 10.0 Å². The molecule has 1 unspecified atom stereocenters. The van der Waals surface area contributed by atoms with Gasteiger partial charge in [0.25, 0.3) is 0 Å². The summed E-state index contributed by atoms with van der Waals surface area (Å²) < 4.78 is 26.7. The zero-order chi connectivity index (χ0) is 13.0. The van der Waals surface area contributed by atoms with E-state index >= 15 is 0 Å². The van der Waals surface area contributed by atoms with E-state index in [9.17, 15) is 13.2 Å². The summed E-state index contributed by atoms with van der Waals surface area (Å²) in [7, 11) is -3.53. The molecule has 0 aromatic rings. The first-order chi connectivity index (χ1) is 7.02. The van der Waals surface area contributed by atoms with E-state index in [1.165, 1.54) is 6.92 Å². The summed E-state index contributed by atoms with van der Waals surface area (Å²) in [4.78, 5) is 11.2. The monoisotopic (exact) mass is 252 g/mol. The summed E-state index contributed by atoms with van der Waals surface area (Å²) in [5.41, 5.74) is -0.560. The number of ether oxygens (including phenoxy) is 1. The van der Waals surface area contributed by atoms with E-state index in [1.807, 2.05) is 0 Å². The van der Waals surface area contributed by atoms with Crippen LogP contribution in [0.3, 0.4) is 0 Å². The van der Waals surface area contributed by atoms with Crippen molar-refractivity contribution in [3.05, 3.63) is 0 Å². The van der Waals surface area contributed by atoms with Crippen LogP contribution in [0.15, 0.2) is 0 Å². The fourth-order valence-corrected chi connectivity index (χ4v) is 1.30. The minimum absolute atomic E-state index is 0.215. The molecule has 0 saturated heterocycles. The first-order valence-electron chi connectivity index (χ1n) is 5.01. The van der Waals surface area contributed by atoms with Crippen molar-refractivity contribution in [2.45, 2.75) is 45.0 Å². The molecule has 0 aliphatic heterocycles. The van der Waals surface area contributed by atoms with Gasteiger partial charge in [-0.25, -0.2) is 18.4 Å². The molecule has 0 aromatic heterocycles. The standard InChI is InChI=1S/C9H20N2O4S/c1-7(16(10,13)14)5-6-11-8(12)15-9(2,3)4/h7H,5-6H2,1-4H3,(H,11,12)(H2,10,13,14). The van der Waals surface area contributed by atoms with E-state index in [0.717, 1.165) is 0 Å². The number of nitrogens with two attached hydrogens (primary N) is 1. The fraction of sp³-hybridized carbons (Fsp3) is 0.889. The number of nitrogens with one attached hydrogen (secondary N) is 1. The lowest BCUT2D eigenvalue weighted by atomic mass is 10.2. The van der Waals surface area contributed by atoms with Crippen LogP contribution >= 0.6 is 0 Å². The molecule has 0 heterocycles. The molecular weight excluding hydrogens is 232 g/mol. The zero-order valence-electron chi connectivity index (χ0n) is 10.1. The van der Waals surface area contributed by atoms with Crippen LogP contribution in [0.1, 0.15) is 34.1 Å². The summed E-state index contributed by atoms with van der Waals surface area (Å²) in [6.07, 6.45) is -0.299. The van der Waals surface area contributed by atoms with E-state index in [-0.39, 0.29) is 13.0 Å². The van der Waals surface area contributed by atoms with E-state index in [0.29, 0.717) is 0 Å². The highest BCUT2D eigenvalue weighted by Gasteiger charge is 2.18. The van der Waals surface area contributed by atoms with Gasteiger partial charge in [-0.3, -0.25) is 0 Å². The lowest BCUT2D eigenvalue weighted by molar-refractivity contribution is 0.0527. The van der Waals surface area contributed by atoms with E-state index < -0.39 is 27.0 Å². The minimum Gasteiger partial charge on any atom is -0.444 e. The predicted octanol–water partition coefficient (Wildman–Crippen LogP) is 0.578. The third-order valence-corrected chi connectivity index (χ3v) is 3.14. The Labute approximate surface area is 96.6 Å². The Morgan fingerprint density at radius 1 is 1.44 bits per heavy atom. The second kappa shape index (κ2) is 5.49. The summed E-state index contributed by atoms with van der Waals surface area (Å²) in [5, 5.41) is 6.71. The van der Waals surface area contributed by atoms with E-state index in [4.69, 9.17) is 9.88 Å². The molecule has 3 N–H and O–H groups in total. The first kappa shape index (κ1) is 15.2. The van der Waals surface area contributed by atoms with Crippen molar-refractivity contribution < 1.29 is 17.9 Å². The number of primary sulfonamides is 1. The lowest BCUT2D eigenvalue weighted by Crippen LogP contribution is -2.35. The average molecular weight is 252 g/mol. The number of alkyl carbamates (subject to hydrolysis) is 1. The van der Waals surface area contributed by atoms with Gasteiger partial charge in [0.05, 0.1) is 5.25 Å². The maximum atomic E-state index is 11.2. The highest BCUT2D eigenvalue weighted by molar-refractivity contribution is 7.89. The highest BCUT2D eigenvalue weighted by atomic mass is 32.2. The Morgan fingerprint density at radius 3 is 2.31 bits per heavy atom. The molecule has 0 radical (unpaired) electrons. The zero-order valence-corrected chi connectivity index (χ0v) is 10.9. The number of hydrogen-bond donors (Lipinski definition) is 2. The molecule has 7 heteroatoms. The molecule has 0 spiro atoms. The maximum Gasteiger partial charge on any atom is 0.407 e. The van der Waals surface area contributed by atoms with Crippen LogP contribution in [0, 0.1) is 0 Å². The maximum absolute atomic E-state index is 11.2. The van der Waals surface area contributed by atoms with Crippen molar-refractivity contribution in [2.75, 3.05) is 6.54 Å². The Hall–Kier alpha value is -0.820. The molecule has 0 aliphatic rings. The van der Waals surface area contributed by atoms with Crippen molar-refractivity contribution in [1.82, 2.24) is 5.32 Å². The molecular formula is C9H20N2O4S. The van der Waals surface area contributed by atoms with Crippen LogP contribution in [-0.2, 0) is 14.8 Å². The van der Waals surface area contributed by atoms with Gasteiger partial charge in [-0.15, -0.1) is 0 Å². The Kier molecular flexibility index (Phi) is 5.21. The van der Waals surface area contributed by atoms with Crippen LogP contribution in [0.2, 0.25) is 0 Å². The number of hydrogen-bond acceptors (Lipinski definition) is 4. The molecule has 0 aliphatic carbocycles. The van der Waals surface area contributed by atoms with Gasteiger partial charge in [0.1, 0.15) is 5.60 Å². The van der Waals surface area contributed by atoms with Gasteiger partial charge in [-0.05, 0) is 34.1 Å². The molecule has 0 fully saturated rings. The van der Waals surface area contributed by atoms with Crippen molar-refractivity contribution in [3.8, 4) is 0 Å². The molecule has 16 heavy (non-hydrogen) atoms.